The molecule has 2 saturated heterocycles. The van der Waals surface area contributed by atoms with E-state index in [-0.39, 0.29) is 23.5 Å². The van der Waals surface area contributed by atoms with Gasteiger partial charge in [0.15, 0.2) is 5.78 Å². The molecule has 1 N–H and O–H groups in total. The highest BCUT2D eigenvalue weighted by Crippen LogP contribution is 2.39. The Labute approximate surface area is 174 Å². The first-order valence-corrected chi connectivity index (χ1v) is 10.2. The monoisotopic (exact) mass is 402 g/mol. The third kappa shape index (κ3) is 4.13. The van der Waals surface area contributed by atoms with Gasteiger partial charge in [0.1, 0.15) is 5.75 Å². The molecule has 8 heteroatoms. The Balaban J connectivity index is 1.64. The molecule has 3 rings (SSSR count). The predicted octanol–water partition coefficient (Wildman–Crippen LogP) is 3.36. The molecular formula is C21H32B2O6. The summed E-state index contributed by atoms with van der Waals surface area (Å²) in [6, 6.07) is 4.94. The highest BCUT2D eigenvalue weighted by molar-refractivity contribution is 6.62. The number of ketones is 1. The molecule has 1 aromatic carbocycles. The average molecular weight is 402 g/mol. The molecule has 2 aliphatic rings. The standard InChI is InChI=1S/C21H32B2O6/c1-18(2)19(3,4)27-22(26-18)12-11-16(24)15-10-9-14(13-17(15)25)23-28-20(5,6)21(7,8)29-23/h9-10,13,25H,11-12H2,1-8H3. The zero-order valence-corrected chi connectivity index (χ0v) is 18.8. The van der Waals surface area contributed by atoms with E-state index in [0.29, 0.717) is 11.8 Å². The zero-order valence-electron chi connectivity index (χ0n) is 18.8. The van der Waals surface area contributed by atoms with Crippen LogP contribution in [0.15, 0.2) is 18.2 Å². The Hall–Kier alpha value is -1.34. The van der Waals surface area contributed by atoms with Gasteiger partial charge in [-0.15, -0.1) is 0 Å². The maximum Gasteiger partial charge on any atom is 0.494 e. The molecule has 2 heterocycles. The fourth-order valence-corrected chi connectivity index (χ4v) is 3.38. The van der Waals surface area contributed by atoms with Crippen LogP contribution in [0.3, 0.4) is 0 Å². The number of phenols is 1. The summed E-state index contributed by atoms with van der Waals surface area (Å²) in [7, 11) is -1.02. The lowest BCUT2D eigenvalue weighted by Crippen LogP contribution is -2.41. The number of benzene rings is 1. The van der Waals surface area contributed by atoms with Crippen molar-refractivity contribution in [3.05, 3.63) is 23.8 Å². The maximum atomic E-state index is 12.7. The van der Waals surface area contributed by atoms with Crippen molar-refractivity contribution in [2.75, 3.05) is 0 Å². The van der Waals surface area contributed by atoms with Crippen molar-refractivity contribution in [1.29, 1.82) is 0 Å². The molecule has 0 unspecified atom stereocenters. The second-order valence-corrected chi connectivity index (χ2v) is 10.0. The van der Waals surface area contributed by atoms with E-state index in [1.807, 2.05) is 55.4 Å². The van der Waals surface area contributed by atoms with Crippen LogP contribution in [0.25, 0.3) is 0 Å². The van der Waals surface area contributed by atoms with Crippen molar-refractivity contribution in [2.45, 2.75) is 90.5 Å². The molecule has 2 aliphatic heterocycles. The zero-order chi connectivity index (χ0) is 21.8. The molecule has 158 valence electrons. The van der Waals surface area contributed by atoms with Gasteiger partial charge in [-0.1, -0.05) is 6.07 Å². The summed E-state index contributed by atoms with van der Waals surface area (Å²) in [5.74, 6) is -0.228. The number of hydrogen-bond acceptors (Lipinski definition) is 6. The van der Waals surface area contributed by atoms with Gasteiger partial charge in [-0.3, -0.25) is 4.79 Å². The Morgan fingerprint density at radius 1 is 0.862 bits per heavy atom. The highest BCUT2D eigenvalue weighted by atomic mass is 16.7. The van der Waals surface area contributed by atoms with Gasteiger partial charge in [-0.2, -0.15) is 0 Å². The largest absolute Gasteiger partial charge is 0.507 e. The molecule has 0 atom stereocenters. The maximum absolute atomic E-state index is 12.7. The van der Waals surface area contributed by atoms with E-state index in [4.69, 9.17) is 18.6 Å². The van der Waals surface area contributed by atoms with Gasteiger partial charge in [0.25, 0.3) is 0 Å². The van der Waals surface area contributed by atoms with E-state index in [9.17, 15) is 9.90 Å². The summed E-state index contributed by atoms with van der Waals surface area (Å²) in [4.78, 5) is 12.7. The minimum absolute atomic E-state index is 0.0730. The number of carbonyl (C=O) groups excluding carboxylic acids is 1. The van der Waals surface area contributed by atoms with Gasteiger partial charge in [0.05, 0.1) is 28.0 Å². The van der Waals surface area contributed by atoms with E-state index >= 15 is 0 Å². The predicted molar refractivity (Wildman–Crippen MR) is 114 cm³/mol. The summed E-state index contributed by atoms with van der Waals surface area (Å²) in [5.41, 5.74) is -0.818. The van der Waals surface area contributed by atoms with E-state index in [0.717, 1.165) is 0 Å². The van der Waals surface area contributed by atoms with Crippen molar-refractivity contribution >= 4 is 25.5 Å². The molecule has 29 heavy (non-hydrogen) atoms. The van der Waals surface area contributed by atoms with E-state index in [1.54, 1.807) is 18.2 Å². The molecule has 0 spiro atoms. The summed E-state index contributed by atoms with van der Waals surface area (Å²) >= 11 is 0. The molecule has 0 aromatic heterocycles. The van der Waals surface area contributed by atoms with Crippen molar-refractivity contribution in [3.8, 4) is 5.75 Å². The third-order valence-corrected chi connectivity index (χ3v) is 6.76. The van der Waals surface area contributed by atoms with Crippen LogP contribution in [0.1, 0.15) is 72.2 Å². The Morgan fingerprint density at radius 2 is 1.34 bits per heavy atom. The third-order valence-electron chi connectivity index (χ3n) is 6.76. The van der Waals surface area contributed by atoms with Crippen LogP contribution in [0.4, 0.5) is 0 Å². The van der Waals surface area contributed by atoms with Gasteiger partial charge >= 0.3 is 14.2 Å². The SMILES string of the molecule is CC1(C)OB(CCC(=O)c2ccc(B3OC(C)(C)C(C)(C)O3)cc2O)OC1(C)C. The molecular weight excluding hydrogens is 370 g/mol. The topological polar surface area (TPSA) is 74.2 Å². The second-order valence-electron chi connectivity index (χ2n) is 10.0. The fraction of sp³-hybridized carbons (Fsp3) is 0.667. The lowest BCUT2D eigenvalue weighted by atomic mass is 9.77. The van der Waals surface area contributed by atoms with Gasteiger partial charge in [-0.25, -0.2) is 0 Å². The van der Waals surface area contributed by atoms with Crippen LogP contribution in [-0.2, 0) is 18.6 Å². The summed E-state index contributed by atoms with van der Waals surface area (Å²) in [5, 5.41) is 10.4. The number of carbonyl (C=O) groups is 1. The first-order chi connectivity index (χ1) is 13.2. The first-order valence-electron chi connectivity index (χ1n) is 10.2. The number of phenolic OH excluding ortho intramolecular Hbond substituents is 1. The van der Waals surface area contributed by atoms with E-state index < -0.39 is 36.6 Å². The molecule has 0 aliphatic carbocycles. The summed E-state index contributed by atoms with van der Waals surface area (Å²) in [6.07, 6.45) is 0.657. The van der Waals surface area contributed by atoms with Gasteiger partial charge in [0.2, 0.25) is 0 Å². The lowest BCUT2D eigenvalue weighted by Gasteiger charge is -2.32. The molecule has 0 saturated carbocycles. The quantitative estimate of drug-likeness (QED) is 0.602. The molecule has 2 fully saturated rings. The van der Waals surface area contributed by atoms with Crippen LogP contribution in [0, 0.1) is 0 Å². The Morgan fingerprint density at radius 3 is 1.83 bits per heavy atom. The average Bonchev–Trinajstić information content (AvgIpc) is 2.92. The summed E-state index contributed by atoms with van der Waals surface area (Å²) < 4.78 is 23.9. The highest BCUT2D eigenvalue weighted by Gasteiger charge is 2.52. The minimum Gasteiger partial charge on any atom is -0.507 e. The second kappa shape index (κ2) is 7.12. The number of rotatable bonds is 5. The Bertz CT molecular complexity index is 770. The minimum atomic E-state index is -0.584. The van der Waals surface area contributed by atoms with Crippen LogP contribution >= 0.6 is 0 Å². The van der Waals surface area contributed by atoms with E-state index in [1.165, 1.54) is 0 Å². The molecule has 0 radical (unpaired) electrons. The molecule has 0 amide bonds. The van der Waals surface area contributed by atoms with Crippen molar-refractivity contribution < 1.29 is 28.5 Å². The van der Waals surface area contributed by atoms with Crippen molar-refractivity contribution in [3.63, 3.8) is 0 Å². The summed E-state index contributed by atoms with van der Waals surface area (Å²) in [6.45, 7) is 15.8. The number of hydrogen-bond donors (Lipinski definition) is 1. The van der Waals surface area contributed by atoms with Crippen LogP contribution in [0.5, 0.6) is 5.75 Å². The van der Waals surface area contributed by atoms with Gasteiger partial charge < -0.3 is 23.7 Å². The smallest absolute Gasteiger partial charge is 0.494 e. The van der Waals surface area contributed by atoms with Gasteiger partial charge in [-0.05, 0) is 79.3 Å². The normalized spacial score (nSPS) is 24.1. The van der Waals surface area contributed by atoms with Crippen LogP contribution in [0.2, 0.25) is 6.32 Å². The molecule has 6 nitrogen and oxygen atoms in total. The van der Waals surface area contributed by atoms with Crippen molar-refractivity contribution in [1.82, 2.24) is 0 Å². The number of aromatic hydroxyl groups is 1. The lowest BCUT2D eigenvalue weighted by molar-refractivity contribution is 0.00578. The Kier molecular flexibility index (Phi) is 5.49. The molecule has 1 aromatic rings. The molecule has 0 bridgehead atoms. The van der Waals surface area contributed by atoms with Crippen LogP contribution < -0.4 is 5.46 Å². The van der Waals surface area contributed by atoms with Gasteiger partial charge in [0, 0.05) is 6.42 Å². The van der Waals surface area contributed by atoms with Crippen molar-refractivity contribution in [2.24, 2.45) is 0 Å². The number of Topliss-reactive ketones (excluding diaryl/α,β-unsaturated/α-hetero) is 1. The van der Waals surface area contributed by atoms with Crippen LogP contribution in [-0.4, -0.2) is 47.5 Å². The fourth-order valence-electron chi connectivity index (χ4n) is 3.38. The van der Waals surface area contributed by atoms with E-state index in [2.05, 4.69) is 0 Å². The first kappa shape index (κ1) is 22.3.